The van der Waals surface area contributed by atoms with E-state index < -0.39 is 0 Å². The van der Waals surface area contributed by atoms with E-state index in [0.29, 0.717) is 28.2 Å². The molecule has 0 aliphatic heterocycles. The number of nitrogens with zero attached hydrogens (tertiary/aromatic N) is 2. The van der Waals surface area contributed by atoms with Crippen molar-refractivity contribution >= 4 is 40.7 Å². The van der Waals surface area contributed by atoms with Crippen LogP contribution < -0.4 is 10.6 Å². The predicted molar refractivity (Wildman–Crippen MR) is 95.5 cm³/mol. The van der Waals surface area contributed by atoms with Crippen LogP contribution >= 0.6 is 23.2 Å². The third kappa shape index (κ3) is 4.12. The van der Waals surface area contributed by atoms with E-state index in [-0.39, 0.29) is 0 Å². The Labute approximate surface area is 144 Å². The number of rotatable bonds is 5. The molecule has 23 heavy (non-hydrogen) atoms. The van der Waals surface area contributed by atoms with Crippen molar-refractivity contribution in [2.24, 2.45) is 0 Å². The van der Waals surface area contributed by atoms with Crippen LogP contribution in [0.3, 0.4) is 0 Å². The molecule has 6 heteroatoms. The number of halogens is 2. The van der Waals surface area contributed by atoms with E-state index in [4.69, 9.17) is 23.2 Å². The molecule has 0 radical (unpaired) electrons. The fourth-order valence-electron chi connectivity index (χ4n) is 2.03. The van der Waals surface area contributed by atoms with Crippen molar-refractivity contribution in [1.29, 1.82) is 0 Å². The topological polar surface area (TPSA) is 49.8 Å². The van der Waals surface area contributed by atoms with Crippen LogP contribution in [0.4, 0.5) is 17.5 Å². The molecule has 0 spiro atoms. The zero-order valence-corrected chi connectivity index (χ0v) is 13.6. The monoisotopic (exact) mass is 344 g/mol. The second-order valence-corrected chi connectivity index (χ2v) is 5.62. The molecule has 0 aliphatic rings. The molecule has 0 atom stereocenters. The van der Waals surface area contributed by atoms with Crippen LogP contribution in [0.1, 0.15) is 5.56 Å². The summed E-state index contributed by atoms with van der Waals surface area (Å²) in [4.78, 5) is 8.62. The highest BCUT2D eigenvalue weighted by Gasteiger charge is 2.06. The fraction of sp³-hybridized carbons (Fsp3) is 0.0588. The molecular weight excluding hydrogens is 331 g/mol. The van der Waals surface area contributed by atoms with Crippen molar-refractivity contribution in [3.8, 4) is 0 Å². The highest BCUT2D eigenvalue weighted by atomic mass is 35.5. The minimum Gasteiger partial charge on any atom is -0.366 e. The van der Waals surface area contributed by atoms with Crippen molar-refractivity contribution < 1.29 is 0 Å². The van der Waals surface area contributed by atoms with Gasteiger partial charge < -0.3 is 10.6 Å². The van der Waals surface area contributed by atoms with Crippen LogP contribution in [-0.2, 0) is 6.54 Å². The maximum absolute atomic E-state index is 6.16. The number of hydrogen-bond acceptors (Lipinski definition) is 4. The molecule has 3 rings (SSSR count). The Kier molecular flexibility index (Phi) is 4.95. The molecule has 2 aromatic carbocycles. The normalized spacial score (nSPS) is 10.3. The summed E-state index contributed by atoms with van der Waals surface area (Å²) in [6.45, 7) is 0.690. The summed E-state index contributed by atoms with van der Waals surface area (Å²) in [5.41, 5.74) is 1.85. The molecule has 1 heterocycles. The van der Waals surface area contributed by atoms with E-state index in [1.807, 2.05) is 36.4 Å². The van der Waals surface area contributed by atoms with Crippen molar-refractivity contribution in [2.75, 3.05) is 10.6 Å². The van der Waals surface area contributed by atoms with Gasteiger partial charge in [-0.3, -0.25) is 0 Å². The Morgan fingerprint density at radius 3 is 2.57 bits per heavy atom. The van der Waals surface area contributed by atoms with Crippen LogP contribution in [0.25, 0.3) is 0 Å². The molecule has 0 amide bonds. The fourth-order valence-corrected chi connectivity index (χ4v) is 2.37. The first kappa shape index (κ1) is 15.6. The number of aromatic nitrogens is 2. The van der Waals surface area contributed by atoms with Gasteiger partial charge in [-0.05, 0) is 23.8 Å². The molecule has 0 fully saturated rings. The zero-order valence-electron chi connectivity index (χ0n) is 12.1. The van der Waals surface area contributed by atoms with Gasteiger partial charge in [0.15, 0.2) is 0 Å². The van der Waals surface area contributed by atoms with Crippen molar-refractivity contribution in [3.05, 3.63) is 76.4 Å². The molecule has 0 aliphatic carbocycles. The lowest BCUT2D eigenvalue weighted by molar-refractivity contribution is 1.08. The average Bonchev–Trinajstić information content (AvgIpc) is 2.59. The number of nitrogens with one attached hydrogen (secondary N) is 2. The summed E-state index contributed by atoms with van der Waals surface area (Å²) >= 11 is 12.2. The molecule has 4 nitrogen and oxygen atoms in total. The molecule has 2 N–H and O–H groups in total. The van der Waals surface area contributed by atoms with E-state index in [2.05, 4.69) is 32.7 Å². The van der Waals surface area contributed by atoms with Crippen molar-refractivity contribution in [2.45, 2.75) is 6.54 Å². The molecule has 116 valence electrons. The first-order chi connectivity index (χ1) is 11.2. The molecule has 0 bridgehead atoms. The summed E-state index contributed by atoms with van der Waals surface area (Å²) in [6, 6.07) is 17.3. The first-order valence-electron chi connectivity index (χ1n) is 7.04. The first-order valence-corrected chi connectivity index (χ1v) is 7.80. The Hall–Kier alpha value is -2.30. The third-order valence-electron chi connectivity index (χ3n) is 3.17. The van der Waals surface area contributed by atoms with E-state index in [0.717, 1.165) is 5.82 Å². The Bertz CT molecular complexity index is 794. The van der Waals surface area contributed by atoms with Gasteiger partial charge in [0, 0.05) is 12.7 Å². The van der Waals surface area contributed by atoms with E-state index in [1.54, 1.807) is 12.3 Å². The lowest BCUT2D eigenvalue weighted by Crippen LogP contribution is -2.04. The van der Waals surface area contributed by atoms with Crippen LogP contribution in [0.2, 0.25) is 10.0 Å². The second-order valence-electron chi connectivity index (χ2n) is 4.83. The molecule has 0 saturated heterocycles. The van der Waals surface area contributed by atoms with Crippen molar-refractivity contribution in [3.63, 3.8) is 0 Å². The van der Waals surface area contributed by atoms with Crippen LogP contribution in [0.5, 0.6) is 0 Å². The van der Waals surface area contributed by atoms with Gasteiger partial charge in [0.25, 0.3) is 0 Å². The molecule has 0 unspecified atom stereocenters. The maximum atomic E-state index is 6.16. The predicted octanol–water partition coefficient (Wildman–Crippen LogP) is 5.14. The second kappa shape index (κ2) is 7.31. The van der Waals surface area contributed by atoms with Crippen LogP contribution in [0.15, 0.2) is 60.8 Å². The molecule has 3 aromatic rings. The highest BCUT2D eigenvalue weighted by molar-refractivity contribution is 6.43. The minimum absolute atomic E-state index is 0.445. The maximum Gasteiger partial charge on any atom is 0.229 e. The van der Waals surface area contributed by atoms with Gasteiger partial charge in [0.1, 0.15) is 5.82 Å². The molecule has 1 aromatic heterocycles. The summed E-state index contributed by atoms with van der Waals surface area (Å²) in [6.07, 6.45) is 1.68. The van der Waals surface area contributed by atoms with Crippen LogP contribution in [0, 0.1) is 0 Å². The third-order valence-corrected chi connectivity index (χ3v) is 3.99. The summed E-state index contributed by atoms with van der Waals surface area (Å²) in [5.74, 6) is 1.18. The summed E-state index contributed by atoms with van der Waals surface area (Å²) < 4.78 is 0. The minimum atomic E-state index is 0.445. The van der Waals surface area contributed by atoms with Gasteiger partial charge in [-0.25, -0.2) is 4.98 Å². The van der Waals surface area contributed by atoms with Gasteiger partial charge in [0.2, 0.25) is 5.95 Å². The Morgan fingerprint density at radius 1 is 0.913 bits per heavy atom. The standard InChI is InChI=1S/C17H14Cl2N4/c18-13-7-4-8-14(16(13)19)22-17-20-10-9-15(23-17)21-11-12-5-2-1-3-6-12/h1-10H,11H2,(H2,20,21,22,23). The lowest BCUT2D eigenvalue weighted by atomic mass is 10.2. The van der Waals surface area contributed by atoms with Gasteiger partial charge in [-0.1, -0.05) is 59.6 Å². The molecular formula is C17H14Cl2N4. The van der Waals surface area contributed by atoms with Crippen molar-refractivity contribution in [1.82, 2.24) is 9.97 Å². The quantitative estimate of drug-likeness (QED) is 0.672. The zero-order chi connectivity index (χ0) is 16.1. The summed E-state index contributed by atoms with van der Waals surface area (Å²) in [5, 5.41) is 7.26. The SMILES string of the molecule is Clc1cccc(Nc2nccc(NCc3ccccc3)n2)c1Cl. The van der Waals surface area contributed by atoms with Gasteiger partial charge in [-0.2, -0.15) is 4.98 Å². The smallest absolute Gasteiger partial charge is 0.229 e. The van der Waals surface area contributed by atoms with E-state index in [1.165, 1.54) is 5.56 Å². The number of benzene rings is 2. The van der Waals surface area contributed by atoms with E-state index >= 15 is 0 Å². The van der Waals surface area contributed by atoms with Gasteiger partial charge >= 0.3 is 0 Å². The summed E-state index contributed by atoms with van der Waals surface area (Å²) in [7, 11) is 0. The molecule has 0 saturated carbocycles. The highest BCUT2D eigenvalue weighted by Crippen LogP contribution is 2.30. The number of anilines is 3. The van der Waals surface area contributed by atoms with E-state index in [9.17, 15) is 0 Å². The Morgan fingerprint density at radius 2 is 1.74 bits per heavy atom. The lowest BCUT2D eigenvalue weighted by Gasteiger charge is -2.10. The van der Waals surface area contributed by atoms with Gasteiger partial charge in [-0.15, -0.1) is 0 Å². The van der Waals surface area contributed by atoms with Gasteiger partial charge in [0.05, 0.1) is 15.7 Å². The largest absolute Gasteiger partial charge is 0.366 e. The van der Waals surface area contributed by atoms with Crippen LogP contribution in [-0.4, -0.2) is 9.97 Å². The number of hydrogen-bond donors (Lipinski definition) is 2. The Balaban J connectivity index is 1.71. The average molecular weight is 345 g/mol.